The molecule has 1 aliphatic rings. The molecule has 1 saturated carbocycles. The Morgan fingerprint density at radius 1 is 1.62 bits per heavy atom. The van der Waals surface area contributed by atoms with Crippen molar-refractivity contribution in [3.05, 3.63) is 0 Å². The second-order valence-electron chi connectivity index (χ2n) is 4.43. The van der Waals surface area contributed by atoms with Gasteiger partial charge in [0.2, 0.25) is 5.91 Å². The zero-order valence-corrected chi connectivity index (χ0v) is 8.52. The number of hydrogen-bond acceptors (Lipinski definition) is 3. The summed E-state index contributed by atoms with van der Waals surface area (Å²) in [4.78, 5) is 11.5. The highest BCUT2D eigenvalue weighted by molar-refractivity contribution is 5.89. The van der Waals surface area contributed by atoms with Crippen molar-refractivity contribution in [2.45, 2.75) is 37.8 Å². The van der Waals surface area contributed by atoms with Crippen LogP contribution in [-0.2, 0) is 9.53 Å². The normalized spacial score (nSPS) is 19.7. The van der Waals surface area contributed by atoms with Crippen LogP contribution in [0.3, 0.4) is 0 Å². The molecule has 3 N–H and O–H groups in total. The zero-order chi connectivity index (χ0) is 10.1. The van der Waals surface area contributed by atoms with Gasteiger partial charge in [0.25, 0.3) is 0 Å². The molecule has 0 aliphatic heterocycles. The van der Waals surface area contributed by atoms with Gasteiger partial charge in [-0.1, -0.05) is 0 Å². The van der Waals surface area contributed by atoms with Crippen molar-refractivity contribution in [2.75, 3.05) is 13.7 Å². The third-order valence-electron chi connectivity index (χ3n) is 2.20. The van der Waals surface area contributed by atoms with Gasteiger partial charge in [0.1, 0.15) is 0 Å². The molecule has 0 radical (unpaired) electrons. The minimum atomic E-state index is -0.592. The zero-order valence-electron chi connectivity index (χ0n) is 8.52. The van der Waals surface area contributed by atoms with Crippen molar-refractivity contribution in [1.82, 2.24) is 5.32 Å². The van der Waals surface area contributed by atoms with Crippen LogP contribution in [0.4, 0.5) is 0 Å². The van der Waals surface area contributed by atoms with Gasteiger partial charge in [-0.15, -0.1) is 0 Å². The van der Waals surface area contributed by atoms with E-state index in [0.717, 1.165) is 12.8 Å². The Hall–Kier alpha value is -0.610. The fourth-order valence-electron chi connectivity index (χ4n) is 1.19. The summed E-state index contributed by atoms with van der Waals surface area (Å²) in [7, 11) is 1.61. The lowest BCUT2D eigenvalue weighted by atomic mass is 10.1. The van der Waals surface area contributed by atoms with Gasteiger partial charge in [-0.2, -0.15) is 0 Å². The Balaban J connectivity index is 2.43. The van der Waals surface area contributed by atoms with Crippen LogP contribution in [0.2, 0.25) is 0 Å². The first kappa shape index (κ1) is 10.5. The Morgan fingerprint density at radius 2 is 2.15 bits per heavy atom. The first-order chi connectivity index (χ1) is 5.90. The van der Waals surface area contributed by atoms with Crippen molar-refractivity contribution >= 4 is 5.91 Å². The smallest absolute Gasteiger partial charge is 0.240 e. The predicted octanol–water partition coefficient (Wildman–Crippen LogP) is 0.0189. The fraction of sp³-hybridized carbons (Fsp3) is 0.889. The molecule has 4 heteroatoms. The molecule has 1 amide bonds. The summed E-state index contributed by atoms with van der Waals surface area (Å²) in [5, 5.41) is 2.87. The molecular formula is C9H18N2O2. The molecule has 0 bridgehead atoms. The van der Waals surface area contributed by atoms with Crippen molar-refractivity contribution in [3.8, 4) is 0 Å². The Bertz CT molecular complexity index is 210. The topological polar surface area (TPSA) is 64.3 Å². The summed E-state index contributed by atoms with van der Waals surface area (Å²) < 4.78 is 4.99. The number of amides is 1. The van der Waals surface area contributed by atoms with E-state index in [9.17, 15) is 4.79 Å². The number of hydrogen-bond donors (Lipinski definition) is 2. The number of ether oxygens (including phenoxy) is 1. The molecule has 0 aromatic rings. The van der Waals surface area contributed by atoms with Gasteiger partial charge in [-0.25, -0.2) is 0 Å². The van der Waals surface area contributed by atoms with Crippen LogP contribution < -0.4 is 11.1 Å². The molecule has 0 aromatic heterocycles. The lowest BCUT2D eigenvalue weighted by molar-refractivity contribution is -0.125. The van der Waals surface area contributed by atoms with Gasteiger partial charge in [0.05, 0.1) is 17.7 Å². The van der Waals surface area contributed by atoms with Crippen molar-refractivity contribution < 1.29 is 9.53 Å². The largest absolute Gasteiger partial charge is 0.382 e. The summed E-state index contributed by atoms with van der Waals surface area (Å²) in [6.07, 6.45) is 1.59. The second-order valence-corrected chi connectivity index (χ2v) is 4.43. The van der Waals surface area contributed by atoms with E-state index in [4.69, 9.17) is 10.5 Å². The molecule has 76 valence electrons. The molecule has 0 unspecified atom stereocenters. The predicted molar refractivity (Wildman–Crippen MR) is 50.3 cm³/mol. The van der Waals surface area contributed by atoms with Gasteiger partial charge >= 0.3 is 0 Å². The highest BCUT2D eigenvalue weighted by Gasteiger charge is 2.47. The maximum absolute atomic E-state index is 11.5. The molecule has 0 spiro atoms. The Kier molecular flexibility index (Phi) is 2.63. The van der Waals surface area contributed by atoms with Gasteiger partial charge < -0.3 is 15.8 Å². The maximum atomic E-state index is 11.5. The standard InChI is InChI=1S/C9H18N2O2/c1-8(2,6-13-3)11-7(12)9(10)4-5-9/h4-6,10H2,1-3H3,(H,11,12). The van der Waals surface area contributed by atoms with Crippen LogP contribution >= 0.6 is 0 Å². The van der Waals surface area contributed by atoms with Crippen LogP contribution in [0.15, 0.2) is 0 Å². The van der Waals surface area contributed by atoms with Crippen LogP contribution in [0, 0.1) is 0 Å². The van der Waals surface area contributed by atoms with E-state index < -0.39 is 5.54 Å². The summed E-state index contributed by atoms with van der Waals surface area (Å²) in [6.45, 7) is 4.33. The SMILES string of the molecule is COCC(C)(C)NC(=O)C1(N)CC1. The number of nitrogens with two attached hydrogens (primary N) is 1. The Labute approximate surface area is 78.8 Å². The third-order valence-corrected chi connectivity index (χ3v) is 2.20. The molecule has 1 aliphatic carbocycles. The third kappa shape index (κ3) is 2.67. The minimum absolute atomic E-state index is 0.0606. The first-order valence-corrected chi connectivity index (χ1v) is 4.50. The van der Waals surface area contributed by atoms with Crippen molar-refractivity contribution in [3.63, 3.8) is 0 Å². The van der Waals surface area contributed by atoms with Crippen molar-refractivity contribution in [2.24, 2.45) is 5.73 Å². The van der Waals surface area contributed by atoms with E-state index in [2.05, 4.69) is 5.32 Å². The van der Waals surface area contributed by atoms with E-state index >= 15 is 0 Å². The molecule has 13 heavy (non-hydrogen) atoms. The molecule has 0 saturated heterocycles. The first-order valence-electron chi connectivity index (χ1n) is 4.50. The minimum Gasteiger partial charge on any atom is -0.382 e. The van der Waals surface area contributed by atoms with Gasteiger partial charge in [-0.3, -0.25) is 4.79 Å². The van der Waals surface area contributed by atoms with Gasteiger partial charge in [-0.05, 0) is 26.7 Å². The van der Waals surface area contributed by atoms with Crippen LogP contribution in [0.25, 0.3) is 0 Å². The van der Waals surface area contributed by atoms with Crippen LogP contribution in [0.5, 0.6) is 0 Å². The molecule has 1 fully saturated rings. The highest BCUT2D eigenvalue weighted by atomic mass is 16.5. The van der Waals surface area contributed by atoms with E-state index in [0.29, 0.717) is 6.61 Å². The highest BCUT2D eigenvalue weighted by Crippen LogP contribution is 2.32. The lowest BCUT2D eigenvalue weighted by Gasteiger charge is -2.26. The molecule has 0 aromatic carbocycles. The maximum Gasteiger partial charge on any atom is 0.240 e. The van der Waals surface area contributed by atoms with Crippen LogP contribution in [-0.4, -0.2) is 30.7 Å². The van der Waals surface area contributed by atoms with Gasteiger partial charge in [0.15, 0.2) is 0 Å². The van der Waals surface area contributed by atoms with Crippen molar-refractivity contribution in [1.29, 1.82) is 0 Å². The Morgan fingerprint density at radius 3 is 2.54 bits per heavy atom. The summed E-state index contributed by atoms with van der Waals surface area (Å²) in [5.74, 6) is -0.0606. The molecule has 0 atom stereocenters. The van der Waals surface area contributed by atoms with Gasteiger partial charge in [0, 0.05) is 7.11 Å². The molecule has 0 heterocycles. The fourth-order valence-corrected chi connectivity index (χ4v) is 1.19. The average molecular weight is 186 g/mol. The van der Waals surface area contributed by atoms with E-state index in [1.807, 2.05) is 13.8 Å². The molecule has 4 nitrogen and oxygen atoms in total. The van der Waals surface area contributed by atoms with E-state index in [1.165, 1.54) is 0 Å². The number of carbonyl (C=O) groups excluding carboxylic acids is 1. The summed E-state index contributed by atoms with van der Waals surface area (Å²) in [6, 6.07) is 0. The van der Waals surface area contributed by atoms with E-state index in [-0.39, 0.29) is 11.4 Å². The number of methoxy groups -OCH3 is 1. The quantitative estimate of drug-likeness (QED) is 0.650. The van der Waals surface area contributed by atoms with Crippen LogP contribution in [0.1, 0.15) is 26.7 Å². The van der Waals surface area contributed by atoms with E-state index in [1.54, 1.807) is 7.11 Å². The lowest BCUT2D eigenvalue weighted by Crippen LogP contribution is -2.53. The molecule has 1 rings (SSSR count). The monoisotopic (exact) mass is 186 g/mol. The number of carbonyl (C=O) groups is 1. The second kappa shape index (κ2) is 3.27. The average Bonchev–Trinajstić information content (AvgIpc) is 2.67. The molecular weight excluding hydrogens is 168 g/mol. The summed E-state index contributed by atoms with van der Waals surface area (Å²) >= 11 is 0. The summed E-state index contributed by atoms with van der Waals surface area (Å²) in [5.41, 5.74) is 4.82. The number of nitrogens with one attached hydrogen (secondary N) is 1. The number of rotatable bonds is 4.